The maximum Gasteiger partial charge on any atom is 0.263 e. The Hall–Kier alpha value is -3.90. The lowest BCUT2D eigenvalue weighted by molar-refractivity contribution is 0.243. The van der Waals surface area contributed by atoms with Crippen molar-refractivity contribution < 1.29 is 13.2 Å². The highest BCUT2D eigenvalue weighted by molar-refractivity contribution is 7.92. The second-order valence-electron chi connectivity index (χ2n) is 8.74. The van der Waals surface area contributed by atoms with Gasteiger partial charge in [-0.25, -0.2) is 13.4 Å². The van der Waals surface area contributed by atoms with E-state index >= 15 is 0 Å². The average Bonchev–Trinajstić information content (AvgIpc) is 3.22. The largest absolute Gasteiger partial charge is 0.491 e. The monoisotopic (exact) mass is 475 g/mol. The van der Waals surface area contributed by atoms with Crippen LogP contribution in [0.4, 0.5) is 5.82 Å². The fraction of sp³-hybridized carbons (Fsp3) is 0.240. The summed E-state index contributed by atoms with van der Waals surface area (Å²) in [5, 5.41) is 17.6. The van der Waals surface area contributed by atoms with Crippen molar-refractivity contribution in [3.05, 3.63) is 66.4 Å². The standard InChI is InChI=1S/C25H25N5O3S/c1-16(2)33-19-7-10-22-21(14-19)24(29-28-22)17-11-12-27-23(13-17)30-34(31,32)20-8-5-18(6-9-20)25(3,4)15-26/h5-14,16H,1-4H3,(H,27,30)(H,28,29). The first kappa shape index (κ1) is 23.3. The second-order valence-corrected chi connectivity index (χ2v) is 10.4. The number of fused-ring (bicyclic) bond motifs is 1. The number of aromatic amines is 1. The topological polar surface area (TPSA) is 121 Å². The minimum absolute atomic E-state index is 0.0368. The molecule has 0 atom stereocenters. The van der Waals surface area contributed by atoms with E-state index in [1.165, 1.54) is 18.3 Å². The van der Waals surface area contributed by atoms with E-state index < -0.39 is 15.4 Å². The molecule has 34 heavy (non-hydrogen) atoms. The van der Waals surface area contributed by atoms with Crippen molar-refractivity contribution in [1.29, 1.82) is 5.26 Å². The van der Waals surface area contributed by atoms with E-state index in [1.54, 1.807) is 38.1 Å². The minimum atomic E-state index is -3.87. The van der Waals surface area contributed by atoms with Crippen LogP contribution in [0.3, 0.4) is 0 Å². The Kier molecular flexibility index (Phi) is 6.02. The summed E-state index contributed by atoms with van der Waals surface area (Å²) < 4.78 is 34.2. The van der Waals surface area contributed by atoms with Crippen molar-refractivity contribution in [3.63, 3.8) is 0 Å². The SMILES string of the molecule is CC(C)Oc1ccc2[nH]nc(-c3ccnc(NS(=O)(=O)c4ccc(C(C)(C)C#N)cc4)c3)c2c1. The molecule has 2 aromatic carbocycles. The summed E-state index contributed by atoms with van der Waals surface area (Å²) in [4.78, 5) is 4.25. The van der Waals surface area contributed by atoms with Crippen molar-refractivity contribution in [2.45, 2.75) is 44.1 Å². The fourth-order valence-electron chi connectivity index (χ4n) is 3.50. The summed E-state index contributed by atoms with van der Waals surface area (Å²) >= 11 is 0. The number of nitrogens with zero attached hydrogens (tertiary/aromatic N) is 3. The number of nitrogens with one attached hydrogen (secondary N) is 2. The summed E-state index contributed by atoms with van der Waals surface area (Å²) in [6, 6.07) is 17.5. The van der Waals surface area contributed by atoms with Gasteiger partial charge in [0.15, 0.2) is 0 Å². The van der Waals surface area contributed by atoms with Gasteiger partial charge in [0.25, 0.3) is 10.0 Å². The van der Waals surface area contributed by atoms with Gasteiger partial charge in [0.1, 0.15) is 17.3 Å². The van der Waals surface area contributed by atoms with Gasteiger partial charge < -0.3 is 4.74 Å². The number of benzene rings is 2. The molecule has 8 nitrogen and oxygen atoms in total. The zero-order valence-electron chi connectivity index (χ0n) is 19.3. The van der Waals surface area contributed by atoms with Crippen LogP contribution < -0.4 is 9.46 Å². The molecule has 0 radical (unpaired) electrons. The quantitative estimate of drug-likeness (QED) is 0.387. The third-order valence-corrected chi connectivity index (χ3v) is 6.71. The van der Waals surface area contributed by atoms with Crippen molar-refractivity contribution in [1.82, 2.24) is 15.2 Å². The van der Waals surface area contributed by atoms with Gasteiger partial charge in [0.05, 0.1) is 28.0 Å². The Morgan fingerprint density at radius 2 is 1.82 bits per heavy atom. The van der Waals surface area contributed by atoms with Gasteiger partial charge in [0, 0.05) is 17.1 Å². The number of anilines is 1. The number of nitriles is 1. The highest BCUT2D eigenvalue weighted by Gasteiger charge is 2.22. The van der Waals surface area contributed by atoms with Crippen LogP contribution in [0.25, 0.3) is 22.2 Å². The lowest BCUT2D eigenvalue weighted by Crippen LogP contribution is -2.16. The summed E-state index contributed by atoms with van der Waals surface area (Å²) in [6.45, 7) is 7.47. The average molecular weight is 476 g/mol. The van der Waals surface area contributed by atoms with Gasteiger partial charge >= 0.3 is 0 Å². The van der Waals surface area contributed by atoms with E-state index in [1.807, 2.05) is 32.0 Å². The van der Waals surface area contributed by atoms with Crippen LogP contribution in [0.1, 0.15) is 33.3 Å². The zero-order chi connectivity index (χ0) is 24.5. The van der Waals surface area contributed by atoms with Crippen LogP contribution in [-0.4, -0.2) is 29.7 Å². The lowest BCUT2D eigenvalue weighted by atomic mass is 9.87. The molecular weight excluding hydrogens is 450 g/mol. The second kappa shape index (κ2) is 8.80. The molecule has 0 aliphatic heterocycles. The Morgan fingerprint density at radius 1 is 1.09 bits per heavy atom. The number of hydrogen-bond donors (Lipinski definition) is 2. The van der Waals surface area contributed by atoms with E-state index in [9.17, 15) is 13.7 Å². The van der Waals surface area contributed by atoms with Crippen LogP contribution in [0, 0.1) is 11.3 Å². The summed E-state index contributed by atoms with van der Waals surface area (Å²) in [6.07, 6.45) is 1.57. The van der Waals surface area contributed by atoms with Gasteiger partial charge in [-0.3, -0.25) is 9.82 Å². The Bertz CT molecular complexity index is 1480. The van der Waals surface area contributed by atoms with E-state index in [0.717, 1.165) is 22.2 Å². The molecule has 0 bridgehead atoms. The highest BCUT2D eigenvalue weighted by Crippen LogP contribution is 2.31. The predicted molar refractivity (Wildman–Crippen MR) is 131 cm³/mol. The van der Waals surface area contributed by atoms with Crippen LogP contribution in [0.15, 0.2) is 65.7 Å². The van der Waals surface area contributed by atoms with Crippen molar-refractivity contribution in [2.75, 3.05) is 4.72 Å². The number of hydrogen-bond acceptors (Lipinski definition) is 6. The Labute approximate surface area is 198 Å². The molecule has 0 fully saturated rings. The van der Waals surface area contributed by atoms with E-state index in [-0.39, 0.29) is 16.8 Å². The molecule has 2 N–H and O–H groups in total. The Balaban J connectivity index is 1.63. The third-order valence-electron chi connectivity index (χ3n) is 5.34. The molecule has 0 aliphatic carbocycles. The predicted octanol–water partition coefficient (Wildman–Crippen LogP) is 5.01. The number of rotatable bonds is 7. The van der Waals surface area contributed by atoms with Crippen molar-refractivity contribution >= 4 is 26.7 Å². The molecule has 2 heterocycles. The highest BCUT2D eigenvalue weighted by atomic mass is 32.2. The molecule has 0 unspecified atom stereocenters. The molecule has 0 spiro atoms. The van der Waals surface area contributed by atoms with Gasteiger partial charge in [-0.2, -0.15) is 10.4 Å². The number of aromatic nitrogens is 3. The molecule has 4 aromatic rings. The lowest BCUT2D eigenvalue weighted by Gasteiger charge is -2.16. The van der Waals surface area contributed by atoms with Gasteiger partial charge in [-0.05, 0) is 75.7 Å². The van der Waals surface area contributed by atoms with Crippen LogP contribution >= 0.6 is 0 Å². The van der Waals surface area contributed by atoms with Crippen molar-refractivity contribution in [2.24, 2.45) is 0 Å². The molecule has 4 rings (SSSR count). The Morgan fingerprint density at radius 3 is 2.50 bits per heavy atom. The molecule has 9 heteroatoms. The molecule has 0 saturated carbocycles. The summed E-state index contributed by atoms with van der Waals surface area (Å²) in [5.41, 5.74) is 2.23. The number of ether oxygens (including phenoxy) is 1. The van der Waals surface area contributed by atoms with Gasteiger partial charge in [-0.1, -0.05) is 12.1 Å². The smallest absolute Gasteiger partial charge is 0.263 e. The van der Waals surface area contributed by atoms with Gasteiger partial charge in [-0.15, -0.1) is 0 Å². The molecule has 0 aliphatic rings. The van der Waals surface area contributed by atoms with Crippen molar-refractivity contribution in [3.8, 4) is 23.1 Å². The zero-order valence-corrected chi connectivity index (χ0v) is 20.1. The molecule has 174 valence electrons. The number of pyridine rings is 1. The van der Waals surface area contributed by atoms with E-state index in [4.69, 9.17) is 4.74 Å². The first-order valence-electron chi connectivity index (χ1n) is 10.7. The minimum Gasteiger partial charge on any atom is -0.491 e. The maximum absolute atomic E-state index is 12.9. The maximum atomic E-state index is 12.9. The molecule has 0 saturated heterocycles. The summed E-state index contributed by atoms with van der Waals surface area (Å²) in [7, 11) is -3.87. The van der Waals surface area contributed by atoms with Crippen LogP contribution in [0.5, 0.6) is 5.75 Å². The first-order valence-corrected chi connectivity index (χ1v) is 12.2. The number of sulfonamides is 1. The molecular formula is C25H25N5O3S. The van der Waals surface area contributed by atoms with E-state index in [0.29, 0.717) is 11.3 Å². The third kappa shape index (κ3) is 4.72. The van der Waals surface area contributed by atoms with Crippen LogP contribution in [0.2, 0.25) is 0 Å². The molecule has 2 aromatic heterocycles. The number of H-pyrrole nitrogens is 1. The fourth-order valence-corrected chi connectivity index (χ4v) is 4.50. The summed E-state index contributed by atoms with van der Waals surface area (Å²) in [5.74, 6) is 0.896. The van der Waals surface area contributed by atoms with E-state index in [2.05, 4.69) is 26.0 Å². The van der Waals surface area contributed by atoms with Gasteiger partial charge in [0.2, 0.25) is 0 Å². The first-order chi connectivity index (χ1) is 16.1. The molecule has 0 amide bonds. The van der Waals surface area contributed by atoms with Crippen LogP contribution in [-0.2, 0) is 15.4 Å². The normalized spacial score (nSPS) is 12.0.